The normalized spacial score (nSPS) is 9.96. The van der Waals surface area contributed by atoms with Crippen molar-refractivity contribution in [2.24, 2.45) is 0 Å². The second kappa shape index (κ2) is 10.3. The van der Waals surface area contributed by atoms with E-state index in [4.69, 9.17) is 14.2 Å². The van der Waals surface area contributed by atoms with Gasteiger partial charge in [-0.15, -0.1) is 0 Å². The zero-order valence-corrected chi connectivity index (χ0v) is 16.9. The largest absolute Gasteiger partial charge is 0.497 e. The fourth-order valence-electron chi connectivity index (χ4n) is 2.13. The smallest absolute Gasteiger partial charge is 0.338 e. The van der Waals surface area contributed by atoms with E-state index in [1.165, 1.54) is 26.4 Å². The number of carbonyl (C=O) groups excluding carboxylic acids is 3. The number of esters is 1. The van der Waals surface area contributed by atoms with Gasteiger partial charge in [-0.2, -0.15) is 0 Å². The Morgan fingerprint density at radius 1 is 0.964 bits per heavy atom. The Kier molecular flexibility index (Phi) is 7.82. The summed E-state index contributed by atoms with van der Waals surface area (Å²) in [4.78, 5) is 35.8. The van der Waals surface area contributed by atoms with E-state index in [1.807, 2.05) is 6.07 Å². The second-order valence-electron chi connectivity index (χ2n) is 5.48. The average molecular weight is 451 g/mol. The third-order valence-electron chi connectivity index (χ3n) is 3.52. The Bertz CT molecular complexity index is 849. The average Bonchev–Trinajstić information content (AvgIpc) is 2.71. The molecule has 9 heteroatoms. The van der Waals surface area contributed by atoms with Gasteiger partial charge in [-0.25, -0.2) is 4.79 Å². The molecular weight excluding hydrogens is 432 g/mol. The van der Waals surface area contributed by atoms with Crippen LogP contribution in [0.1, 0.15) is 10.4 Å². The zero-order chi connectivity index (χ0) is 20.5. The fraction of sp³-hybridized carbons (Fsp3) is 0.211. The Labute approximate surface area is 170 Å². The van der Waals surface area contributed by atoms with Crippen LogP contribution < -0.4 is 20.1 Å². The predicted molar refractivity (Wildman–Crippen MR) is 106 cm³/mol. The first kappa shape index (κ1) is 21.2. The summed E-state index contributed by atoms with van der Waals surface area (Å²) in [5.41, 5.74) is 0.760. The summed E-state index contributed by atoms with van der Waals surface area (Å²) in [5, 5.41) is 5.03. The number of methoxy groups -OCH3 is 2. The van der Waals surface area contributed by atoms with Gasteiger partial charge in [0.25, 0.3) is 5.91 Å². The van der Waals surface area contributed by atoms with Gasteiger partial charge in [0, 0.05) is 10.5 Å². The topological polar surface area (TPSA) is 103 Å². The number of ether oxygens (including phenoxy) is 3. The SMILES string of the molecule is COc1cc(OC)cc(C(=O)OCC(=O)NCC(=O)Nc2ccccc2Br)c1. The number of anilines is 1. The van der Waals surface area contributed by atoms with Gasteiger partial charge in [0.05, 0.1) is 32.0 Å². The van der Waals surface area contributed by atoms with Crippen LogP contribution in [0.15, 0.2) is 46.9 Å². The molecule has 2 aromatic carbocycles. The van der Waals surface area contributed by atoms with Crippen LogP contribution in [0.25, 0.3) is 0 Å². The van der Waals surface area contributed by atoms with Gasteiger partial charge < -0.3 is 24.8 Å². The standard InChI is InChI=1S/C19H19BrN2O6/c1-26-13-7-12(8-14(9-13)27-2)19(25)28-11-18(24)21-10-17(23)22-16-6-4-3-5-15(16)20/h3-9H,10-11H2,1-2H3,(H,21,24)(H,22,23). The van der Waals surface area contributed by atoms with Crippen LogP contribution in [0.4, 0.5) is 5.69 Å². The van der Waals surface area contributed by atoms with Crippen molar-refractivity contribution in [3.05, 3.63) is 52.5 Å². The maximum Gasteiger partial charge on any atom is 0.338 e. The first-order chi connectivity index (χ1) is 13.4. The Balaban J connectivity index is 1.81. The van der Waals surface area contributed by atoms with Crippen molar-refractivity contribution >= 4 is 39.4 Å². The summed E-state index contributed by atoms with van der Waals surface area (Å²) < 4.78 is 15.8. The molecule has 2 aromatic rings. The minimum Gasteiger partial charge on any atom is -0.497 e. The van der Waals surface area contributed by atoms with Crippen LogP contribution >= 0.6 is 15.9 Å². The van der Waals surface area contributed by atoms with E-state index in [1.54, 1.807) is 24.3 Å². The van der Waals surface area contributed by atoms with Gasteiger partial charge in [0.15, 0.2) is 6.61 Å². The number of rotatable bonds is 8. The lowest BCUT2D eigenvalue weighted by Gasteiger charge is -2.10. The fourth-order valence-corrected chi connectivity index (χ4v) is 2.51. The molecule has 0 fully saturated rings. The molecule has 0 spiro atoms. The van der Waals surface area contributed by atoms with E-state index >= 15 is 0 Å². The quantitative estimate of drug-likeness (QED) is 0.598. The maximum atomic E-state index is 12.1. The van der Waals surface area contributed by atoms with Crippen LogP contribution in [0.2, 0.25) is 0 Å². The minimum absolute atomic E-state index is 0.177. The van der Waals surface area contributed by atoms with Crippen LogP contribution in [0.5, 0.6) is 11.5 Å². The molecule has 0 radical (unpaired) electrons. The summed E-state index contributed by atoms with van der Waals surface area (Å²) in [6.07, 6.45) is 0. The molecule has 28 heavy (non-hydrogen) atoms. The molecule has 0 aromatic heterocycles. The van der Waals surface area contributed by atoms with Crippen LogP contribution in [-0.4, -0.2) is 45.2 Å². The van der Waals surface area contributed by atoms with Crippen LogP contribution in [-0.2, 0) is 14.3 Å². The molecule has 2 amide bonds. The number of benzene rings is 2. The first-order valence-electron chi connectivity index (χ1n) is 8.14. The zero-order valence-electron chi connectivity index (χ0n) is 15.3. The lowest BCUT2D eigenvalue weighted by atomic mass is 10.2. The molecule has 8 nitrogen and oxygen atoms in total. The second-order valence-corrected chi connectivity index (χ2v) is 6.34. The highest BCUT2D eigenvalue weighted by atomic mass is 79.9. The van der Waals surface area contributed by atoms with Crippen molar-refractivity contribution in [3.8, 4) is 11.5 Å². The number of hydrogen-bond donors (Lipinski definition) is 2. The Morgan fingerprint density at radius 2 is 1.61 bits per heavy atom. The first-order valence-corrected chi connectivity index (χ1v) is 8.93. The number of halogens is 1. The minimum atomic E-state index is -0.718. The number of nitrogens with one attached hydrogen (secondary N) is 2. The number of para-hydroxylation sites is 1. The van der Waals surface area contributed by atoms with Gasteiger partial charge in [0.2, 0.25) is 5.91 Å². The molecule has 2 rings (SSSR count). The molecule has 0 unspecified atom stereocenters. The molecule has 0 heterocycles. The van der Waals surface area contributed by atoms with Crippen molar-refractivity contribution in [3.63, 3.8) is 0 Å². The third-order valence-corrected chi connectivity index (χ3v) is 4.21. The van der Waals surface area contributed by atoms with Gasteiger partial charge in [-0.3, -0.25) is 9.59 Å². The molecule has 0 bridgehead atoms. The molecule has 0 saturated heterocycles. The van der Waals surface area contributed by atoms with E-state index in [0.717, 1.165) is 4.47 Å². The molecule has 148 valence electrons. The lowest BCUT2D eigenvalue weighted by Crippen LogP contribution is -2.35. The molecule has 0 saturated carbocycles. The van der Waals surface area contributed by atoms with Crippen LogP contribution in [0.3, 0.4) is 0 Å². The summed E-state index contributed by atoms with van der Waals surface area (Å²) in [6.45, 7) is -0.786. The summed E-state index contributed by atoms with van der Waals surface area (Å²) in [6, 6.07) is 11.6. The van der Waals surface area contributed by atoms with Gasteiger partial charge in [-0.1, -0.05) is 12.1 Å². The van der Waals surface area contributed by atoms with Crippen molar-refractivity contribution in [2.45, 2.75) is 0 Å². The summed E-state index contributed by atoms with van der Waals surface area (Å²) in [7, 11) is 2.91. The van der Waals surface area contributed by atoms with E-state index in [-0.39, 0.29) is 12.1 Å². The number of amides is 2. The monoisotopic (exact) mass is 450 g/mol. The van der Waals surface area contributed by atoms with E-state index in [2.05, 4.69) is 26.6 Å². The van der Waals surface area contributed by atoms with E-state index in [0.29, 0.717) is 17.2 Å². The Hall–Kier alpha value is -3.07. The molecule has 0 aliphatic carbocycles. The van der Waals surface area contributed by atoms with Crippen molar-refractivity contribution in [2.75, 3.05) is 32.7 Å². The molecule has 2 N–H and O–H groups in total. The van der Waals surface area contributed by atoms with E-state index in [9.17, 15) is 14.4 Å². The molecule has 0 atom stereocenters. The number of hydrogen-bond acceptors (Lipinski definition) is 6. The summed E-state index contributed by atoms with van der Waals surface area (Å²) in [5.74, 6) is -0.904. The van der Waals surface area contributed by atoms with Crippen LogP contribution in [0, 0.1) is 0 Å². The van der Waals surface area contributed by atoms with Crippen molar-refractivity contribution in [1.82, 2.24) is 5.32 Å². The van der Waals surface area contributed by atoms with Gasteiger partial charge >= 0.3 is 5.97 Å². The summed E-state index contributed by atoms with van der Waals surface area (Å²) >= 11 is 3.31. The maximum absolute atomic E-state index is 12.1. The highest BCUT2D eigenvalue weighted by Gasteiger charge is 2.14. The molecule has 0 aliphatic heterocycles. The lowest BCUT2D eigenvalue weighted by molar-refractivity contribution is -0.126. The highest BCUT2D eigenvalue weighted by molar-refractivity contribution is 9.10. The Morgan fingerprint density at radius 3 is 2.21 bits per heavy atom. The molecular formula is C19H19BrN2O6. The highest BCUT2D eigenvalue weighted by Crippen LogP contribution is 2.23. The van der Waals surface area contributed by atoms with Gasteiger partial charge in [-0.05, 0) is 40.2 Å². The number of carbonyl (C=O) groups is 3. The van der Waals surface area contributed by atoms with E-state index < -0.39 is 24.4 Å². The third kappa shape index (κ3) is 6.27. The molecule has 0 aliphatic rings. The van der Waals surface area contributed by atoms with Gasteiger partial charge in [0.1, 0.15) is 11.5 Å². The predicted octanol–water partition coefficient (Wildman–Crippen LogP) is 2.38. The van der Waals surface area contributed by atoms with Crippen molar-refractivity contribution < 1.29 is 28.6 Å². The van der Waals surface area contributed by atoms with Crippen molar-refractivity contribution in [1.29, 1.82) is 0 Å².